The summed E-state index contributed by atoms with van der Waals surface area (Å²) in [6.45, 7) is 9.41. The summed E-state index contributed by atoms with van der Waals surface area (Å²) in [5, 5.41) is 0. The first-order valence-electron chi connectivity index (χ1n) is 6.66. The molecule has 0 aromatic heterocycles. The fourth-order valence-corrected chi connectivity index (χ4v) is 1.97. The lowest BCUT2D eigenvalue weighted by atomic mass is 9.78. The van der Waals surface area contributed by atoms with Crippen LogP contribution in [0.5, 0.6) is 5.75 Å². The fourth-order valence-electron chi connectivity index (χ4n) is 1.97. The van der Waals surface area contributed by atoms with Crippen molar-refractivity contribution in [3.05, 3.63) is 23.8 Å². The zero-order valence-corrected chi connectivity index (χ0v) is 12.4. The Labute approximate surface area is 118 Å². The molecule has 0 radical (unpaired) electrons. The van der Waals surface area contributed by atoms with Crippen LogP contribution in [-0.2, 0) is 9.31 Å². The van der Waals surface area contributed by atoms with Crippen molar-refractivity contribution in [1.29, 1.82) is 0 Å². The molecule has 2 rings (SSSR count). The van der Waals surface area contributed by atoms with Crippen molar-refractivity contribution in [3.8, 4) is 5.75 Å². The van der Waals surface area contributed by atoms with E-state index in [0.717, 1.165) is 0 Å². The molecule has 1 fully saturated rings. The highest BCUT2D eigenvalue weighted by atomic mass is 19.2. The molecule has 0 unspecified atom stereocenters. The van der Waals surface area contributed by atoms with Crippen LogP contribution in [0.2, 0.25) is 0 Å². The van der Waals surface area contributed by atoms with Gasteiger partial charge in [0.1, 0.15) is 0 Å². The van der Waals surface area contributed by atoms with Gasteiger partial charge in [-0.2, -0.15) is 4.39 Å². The van der Waals surface area contributed by atoms with Gasteiger partial charge in [-0.05, 0) is 40.7 Å². The van der Waals surface area contributed by atoms with Crippen LogP contribution >= 0.6 is 0 Å². The van der Waals surface area contributed by atoms with Crippen molar-refractivity contribution in [1.82, 2.24) is 0 Å². The maximum atomic E-state index is 14.1. The lowest BCUT2D eigenvalue weighted by molar-refractivity contribution is 0.00578. The molecule has 1 aliphatic rings. The average Bonchev–Trinajstić information content (AvgIpc) is 2.55. The Morgan fingerprint density at radius 1 is 1.05 bits per heavy atom. The molecule has 1 heterocycles. The third-order valence-corrected chi connectivity index (χ3v) is 3.88. The highest BCUT2D eigenvalue weighted by Gasteiger charge is 2.52. The van der Waals surface area contributed by atoms with Crippen LogP contribution < -0.4 is 10.2 Å². The van der Waals surface area contributed by atoms with Gasteiger partial charge < -0.3 is 14.0 Å². The Balaban J connectivity index is 2.34. The molecule has 0 saturated carbocycles. The number of hydrogen-bond acceptors (Lipinski definition) is 3. The highest BCUT2D eigenvalue weighted by molar-refractivity contribution is 6.62. The standard InChI is InChI=1S/C14H19BF2O3/c1-6-18-10-8-7-9(11(16)12(10)17)15-19-13(2,3)14(4,5)20-15/h7-8H,6H2,1-5H3. The molecule has 6 heteroatoms. The number of hydrogen-bond donors (Lipinski definition) is 0. The smallest absolute Gasteiger partial charge is 0.491 e. The molecule has 0 N–H and O–H groups in total. The van der Waals surface area contributed by atoms with Crippen LogP contribution in [0.1, 0.15) is 34.6 Å². The number of halogens is 2. The predicted molar refractivity (Wildman–Crippen MR) is 73.2 cm³/mol. The first-order valence-corrected chi connectivity index (χ1v) is 6.66. The van der Waals surface area contributed by atoms with E-state index in [-0.39, 0.29) is 17.8 Å². The van der Waals surface area contributed by atoms with E-state index in [1.807, 2.05) is 27.7 Å². The summed E-state index contributed by atoms with van der Waals surface area (Å²) in [6, 6.07) is 2.83. The topological polar surface area (TPSA) is 27.7 Å². The minimum absolute atomic E-state index is 0.0459. The third-order valence-electron chi connectivity index (χ3n) is 3.88. The second-order valence-electron chi connectivity index (χ2n) is 5.80. The molecule has 0 spiro atoms. The molecule has 0 atom stereocenters. The number of rotatable bonds is 3. The molecule has 1 saturated heterocycles. The molecule has 3 nitrogen and oxygen atoms in total. The Morgan fingerprint density at radius 3 is 2.10 bits per heavy atom. The van der Waals surface area contributed by atoms with E-state index >= 15 is 0 Å². The first kappa shape index (κ1) is 15.3. The van der Waals surface area contributed by atoms with Gasteiger partial charge in [0, 0.05) is 5.46 Å². The molecule has 0 bridgehead atoms. The second kappa shape index (κ2) is 5.00. The largest absolute Gasteiger partial charge is 0.497 e. The van der Waals surface area contributed by atoms with E-state index in [9.17, 15) is 8.78 Å². The number of benzene rings is 1. The molecule has 110 valence electrons. The van der Waals surface area contributed by atoms with Crippen molar-refractivity contribution in [2.75, 3.05) is 6.61 Å². The Bertz CT molecular complexity index is 501. The Hall–Kier alpha value is -1.14. The van der Waals surface area contributed by atoms with Crippen LogP contribution in [0.15, 0.2) is 12.1 Å². The van der Waals surface area contributed by atoms with Crippen molar-refractivity contribution < 1.29 is 22.8 Å². The molecular weight excluding hydrogens is 265 g/mol. The zero-order chi connectivity index (χ0) is 15.1. The van der Waals surface area contributed by atoms with Crippen LogP contribution in [-0.4, -0.2) is 24.9 Å². The molecule has 1 aliphatic heterocycles. The minimum Gasteiger partial charge on any atom is -0.491 e. The van der Waals surface area contributed by atoms with Crippen LogP contribution in [0.4, 0.5) is 8.78 Å². The zero-order valence-electron chi connectivity index (χ0n) is 12.4. The lowest BCUT2D eigenvalue weighted by Crippen LogP contribution is -2.41. The normalized spacial score (nSPS) is 20.2. The SMILES string of the molecule is CCOc1ccc(B2OC(C)(C)C(C)(C)O2)c(F)c1F. The predicted octanol–water partition coefficient (Wildman–Crippen LogP) is 2.66. The quantitative estimate of drug-likeness (QED) is 0.799. The van der Waals surface area contributed by atoms with Gasteiger partial charge in [0.25, 0.3) is 0 Å². The van der Waals surface area contributed by atoms with E-state index in [1.54, 1.807) is 6.92 Å². The lowest BCUT2D eigenvalue weighted by Gasteiger charge is -2.32. The Morgan fingerprint density at radius 2 is 1.60 bits per heavy atom. The summed E-state index contributed by atoms with van der Waals surface area (Å²) in [5.41, 5.74) is -1.15. The van der Waals surface area contributed by atoms with E-state index in [2.05, 4.69) is 0 Å². The maximum Gasteiger partial charge on any atom is 0.497 e. The van der Waals surface area contributed by atoms with Gasteiger partial charge in [-0.3, -0.25) is 0 Å². The molecule has 20 heavy (non-hydrogen) atoms. The van der Waals surface area contributed by atoms with E-state index in [0.29, 0.717) is 0 Å². The average molecular weight is 284 g/mol. The summed E-state index contributed by atoms with van der Waals surface area (Å²) in [5.74, 6) is -2.11. The van der Waals surface area contributed by atoms with E-state index < -0.39 is 30.0 Å². The summed E-state index contributed by atoms with van der Waals surface area (Å²) in [6.07, 6.45) is 0. The molecule has 0 aliphatic carbocycles. The molecular formula is C14H19BF2O3. The van der Waals surface area contributed by atoms with Crippen LogP contribution in [0, 0.1) is 11.6 Å². The van der Waals surface area contributed by atoms with Gasteiger partial charge in [0.2, 0.25) is 0 Å². The van der Waals surface area contributed by atoms with Crippen LogP contribution in [0.25, 0.3) is 0 Å². The Kier molecular flexibility index (Phi) is 3.82. The van der Waals surface area contributed by atoms with Crippen molar-refractivity contribution in [3.63, 3.8) is 0 Å². The molecule has 1 aromatic carbocycles. The van der Waals surface area contributed by atoms with E-state index in [4.69, 9.17) is 14.0 Å². The summed E-state index contributed by atoms with van der Waals surface area (Å²) < 4.78 is 44.5. The van der Waals surface area contributed by atoms with Crippen molar-refractivity contribution in [2.24, 2.45) is 0 Å². The fraction of sp³-hybridized carbons (Fsp3) is 0.571. The summed E-state index contributed by atoms with van der Waals surface area (Å²) >= 11 is 0. The van der Waals surface area contributed by atoms with Gasteiger partial charge in [0.05, 0.1) is 17.8 Å². The molecule has 1 aromatic rings. The van der Waals surface area contributed by atoms with Gasteiger partial charge in [-0.1, -0.05) is 6.07 Å². The second-order valence-corrected chi connectivity index (χ2v) is 5.80. The van der Waals surface area contributed by atoms with Gasteiger partial charge in [-0.25, -0.2) is 4.39 Å². The monoisotopic (exact) mass is 284 g/mol. The minimum atomic E-state index is -1.01. The van der Waals surface area contributed by atoms with Crippen LogP contribution in [0.3, 0.4) is 0 Å². The first-order chi connectivity index (χ1) is 9.19. The maximum absolute atomic E-state index is 14.1. The van der Waals surface area contributed by atoms with Gasteiger partial charge in [-0.15, -0.1) is 0 Å². The summed E-state index contributed by atoms with van der Waals surface area (Å²) in [7, 11) is -0.926. The van der Waals surface area contributed by atoms with Crippen molar-refractivity contribution >= 4 is 12.6 Å². The third kappa shape index (κ3) is 2.42. The van der Waals surface area contributed by atoms with Crippen molar-refractivity contribution in [2.45, 2.75) is 45.8 Å². The highest BCUT2D eigenvalue weighted by Crippen LogP contribution is 2.37. The molecule has 0 amide bonds. The number of ether oxygens (including phenoxy) is 1. The van der Waals surface area contributed by atoms with E-state index in [1.165, 1.54) is 12.1 Å². The van der Waals surface area contributed by atoms with Gasteiger partial charge >= 0.3 is 7.12 Å². The van der Waals surface area contributed by atoms with Gasteiger partial charge in [0.15, 0.2) is 17.4 Å². The summed E-state index contributed by atoms with van der Waals surface area (Å²) in [4.78, 5) is 0.